The molecule has 0 spiro atoms. The maximum Gasteiger partial charge on any atom is -0.0225 e. The van der Waals surface area contributed by atoms with Gasteiger partial charge in [-0.15, -0.1) is 0 Å². The van der Waals surface area contributed by atoms with Crippen LogP contribution in [0.5, 0.6) is 0 Å². The number of aryl methyl sites for hydroxylation is 1. The first-order chi connectivity index (χ1) is 10.2. The van der Waals surface area contributed by atoms with Crippen molar-refractivity contribution in [2.75, 3.05) is 0 Å². The third-order valence-corrected chi connectivity index (χ3v) is 3.92. The predicted molar refractivity (Wildman–Crippen MR) is 87.4 cm³/mol. The second-order valence-electron chi connectivity index (χ2n) is 5.37. The summed E-state index contributed by atoms with van der Waals surface area (Å²) in [6.45, 7) is 0. The van der Waals surface area contributed by atoms with Gasteiger partial charge in [-0.3, -0.25) is 0 Å². The summed E-state index contributed by atoms with van der Waals surface area (Å²) in [5, 5.41) is 4.53. The van der Waals surface area contributed by atoms with Gasteiger partial charge in [-0.1, -0.05) is 84.1 Å². The number of fused-ring (bicyclic) bond motifs is 1. The van der Waals surface area contributed by atoms with Gasteiger partial charge in [0.05, 0.1) is 0 Å². The van der Waals surface area contributed by atoms with Crippen LogP contribution < -0.4 is 11.5 Å². The van der Waals surface area contributed by atoms with Crippen molar-refractivity contribution in [1.82, 2.24) is 0 Å². The summed E-state index contributed by atoms with van der Waals surface area (Å²) in [5.41, 5.74) is 17.1. The summed E-state index contributed by atoms with van der Waals surface area (Å²) in [4.78, 5) is 0. The lowest BCUT2D eigenvalue weighted by Gasteiger charge is -2.37. The molecule has 2 atom stereocenters. The van der Waals surface area contributed by atoms with Gasteiger partial charge in [0.2, 0.25) is 0 Å². The number of hydrogen-bond donors (Lipinski definition) is 2. The Morgan fingerprint density at radius 2 is 1.52 bits per heavy atom. The minimum atomic E-state index is -0.376. The van der Waals surface area contributed by atoms with Crippen molar-refractivity contribution in [3.05, 3.63) is 82.2 Å². The Hall–Kier alpha value is -1.94. The average molecular weight is 278 g/mol. The Bertz CT molecular complexity index is 634. The molecule has 1 aliphatic carbocycles. The summed E-state index contributed by atoms with van der Waals surface area (Å²) in [6, 6.07) is 18.3. The highest BCUT2D eigenvalue weighted by Gasteiger charge is 2.11. The quantitative estimate of drug-likeness (QED) is 0.900. The van der Waals surface area contributed by atoms with E-state index in [1.54, 1.807) is 0 Å². The Kier molecular flexibility index (Phi) is 4.15. The van der Waals surface area contributed by atoms with Crippen LogP contribution in [0.15, 0.2) is 60.2 Å². The highest BCUT2D eigenvalue weighted by atomic mass is 15.1. The van der Waals surface area contributed by atoms with Crippen LogP contribution in [-0.2, 0) is 6.42 Å². The number of nitrogens with two attached hydrogens (primary N) is 2. The maximum atomic E-state index is 6.23. The van der Waals surface area contributed by atoms with Crippen LogP contribution in [0.2, 0.25) is 0 Å². The van der Waals surface area contributed by atoms with Crippen LogP contribution in [0.4, 0.5) is 0 Å². The second kappa shape index (κ2) is 6.22. The molecule has 4 N–H and O–H groups in total. The molecule has 0 saturated heterocycles. The lowest BCUT2D eigenvalue weighted by molar-refractivity contribution is 0.718. The first-order valence-electron chi connectivity index (χ1n) is 7.28. The Balaban J connectivity index is 1.72. The van der Waals surface area contributed by atoms with E-state index in [0.29, 0.717) is 0 Å². The Morgan fingerprint density at radius 3 is 2.33 bits per heavy atom. The van der Waals surface area contributed by atoms with E-state index >= 15 is 0 Å². The molecule has 0 bridgehead atoms. The van der Waals surface area contributed by atoms with Crippen molar-refractivity contribution in [2.45, 2.75) is 25.2 Å². The van der Waals surface area contributed by atoms with E-state index in [2.05, 4.69) is 35.7 Å². The van der Waals surface area contributed by atoms with E-state index in [9.17, 15) is 0 Å². The molecule has 0 fully saturated rings. The minimum absolute atomic E-state index is 0.339. The van der Waals surface area contributed by atoms with Crippen molar-refractivity contribution in [2.24, 2.45) is 11.5 Å². The molecule has 3 rings (SSSR count). The first kappa shape index (κ1) is 14.0. The van der Waals surface area contributed by atoms with Crippen LogP contribution in [0.1, 0.15) is 29.3 Å². The zero-order valence-corrected chi connectivity index (χ0v) is 11.9. The van der Waals surface area contributed by atoms with E-state index in [-0.39, 0.29) is 12.3 Å². The smallest absolute Gasteiger partial charge is 0.0225 e. The molecule has 108 valence electrons. The van der Waals surface area contributed by atoms with Gasteiger partial charge in [0, 0.05) is 0 Å². The molecule has 2 unspecified atom stereocenters. The Morgan fingerprint density at radius 1 is 0.810 bits per heavy atom. The van der Waals surface area contributed by atoms with Gasteiger partial charge in [0.25, 0.3) is 0 Å². The third-order valence-electron chi connectivity index (χ3n) is 3.92. The summed E-state index contributed by atoms with van der Waals surface area (Å²) in [6.07, 6.45) is 3.41. The van der Waals surface area contributed by atoms with Crippen molar-refractivity contribution in [3.63, 3.8) is 0 Å². The monoisotopic (exact) mass is 278 g/mol. The third kappa shape index (κ3) is 3.22. The van der Waals surface area contributed by atoms with Gasteiger partial charge in [-0.05, 0) is 24.0 Å². The molecule has 0 aromatic heterocycles. The van der Waals surface area contributed by atoms with Crippen LogP contribution in [0.25, 0.3) is 11.4 Å². The molecule has 3 heteroatoms. The zero-order valence-electron chi connectivity index (χ0n) is 11.9. The van der Waals surface area contributed by atoms with Crippen molar-refractivity contribution in [3.8, 4) is 0 Å². The molecule has 1 aliphatic rings. The summed E-state index contributed by atoms with van der Waals surface area (Å²) < 4.78 is 0. The topological polar surface area (TPSA) is 66.1 Å². The molecule has 0 amide bonds. The maximum absolute atomic E-state index is 6.23. The number of hydrogen-bond acceptors (Lipinski definition) is 2. The molecular formula is C18H20N3-. The molecule has 0 heterocycles. The standard InChI is InChI=1S/C18H20N3/c19-17(14-7-2-1-3-8-14)21-18(20)16-11-10-13-6-4-5-9-15(13)12-16/h1-9,12,17-18H,10-11,19-20H2/q-1. The SMILES string of the molecule is NC([N-]C(N)c1ccccc1)C1=Cc2ccccc2CC1. The van der Waals surface area contributed by atoms with Crippen molar-refractivity contribution < 1.29 is 0 Å². The van der Waals surface area contributed by atoms with Crippen molar-refractivity contribution in [1.29, 1.82) is 0 Å². The van der Waals surface area contributed by atoms with Gasteiger partial charge >= 0.3 is 0 Å². The largest absolute Gasteiger partial charge is 0.625 e. The van der Waals surface area contributed by atoms with Crippen LogP contribution in [0, 0.1) is 0 Å². The summed E-state index contributed by atoms with van der Waals surface area (Å²) in [7, 11) is 0. The van der Waals surface area contributed by atoms with Gasteiger partial charge < -0.3 is 16.8 Å². The molecule has 0 radical (unpaired) electrons. The Labute approximate surface area is 125 Å². The minimum Gasteiger partial charge on any atom is -0.625 e. The average Bonchev–Trinajstić information content (AvgIpc) is 2.55. The fraction of sp³-hybridized carbons (Fsp3) is 0.222. The van der Waals surface area contributed by atoms with Gasteiger partial charge in [0.15, 0.2) is 0 Å². The molecule has 21 heavy (non-hydrogen) atoms. The molecule has 0 aliphatic heterocycles. The van der Waals surface area contributed by atoms with Gasteiger partial charge in [0.1, 0.15) is 0 Å². The highest BCUT2D eigenvalue weighted by Crippen LogP contribution is 2.29. The van der Waals surface area contributed by atoms with E-state index < -0.39 is 0 Å². The van der Waals surface area contributed by atoms with E-state index in [1.807, 2.05) is 30.3 Å². The predicted octanol–water partition coefficient (Wildman–Crippen LogP) is 3.33. The van der Waals surface area contributed by atoms with Crippen LogP contribution >= 0.6 is 0 Å². The molecule has 2 aromatic carbocycles. The van der Waals surface area contributed by atoms with Gasteiger partial charge in [-0.25, -0.2) is 0 Å². The van der Waals surface area contributed by atoms with Crippen LogP contribution in [0.3, 0.4) is 0 Å². The highest BCUT2D eigenvalue weighted by molar-refractivity contribution is 5.61. The zero-order chi connectivity index (χ0) is 14.7. The fourth-order valence-electron chi connectivity index (χ4n) is 2.69. The summed E-state index contributed by atoms with van der Waals surface area (Å²) in [5.74, 6) is 0. The first-order valence-corrected chi connectivity index (χ1v) is 7.28. The normalized spacial score (nSPS) is 16.8. The fourth-order valence-corrected chi connectivity index (χ4v) is 2.69. The second-order valence-corrected chi connectivity index (χ2v) is 5.37. The van der Waals surface area contributed by atoms with Gasteiger partial charge in [-0.2, -0.15) is 0 Å². The number of nitrogens with zero attached hydrogens (tertiary/aromatic N) is 1. The van der Waals surface area contributed by atoms with Crippen molar-refractivity contribution >= 4 is 6.08 Å². The molecule has 2 aromatic rings. The lowest BCUT2D eigenvalue weighted by atomic mass is 9.91. The number of benzene rings is 2. The summed E-state index contributed by atoms with van der Waals surface area (Å²) >= 11 is 0. The molecule has 3 nitrogen and oxygen atoms in total. The van der Waals surface area contributed by atoms with Crippen LogP contribution in [-0.4, -0.2) is 6.17 Å². The van der Waals surface area contributed by atoms with E-state index in [1.165, 1.54) is 11.1 Å². The number of rotatable bonds is 4. The van der Waals surface area contributed by atoms with E-state index in [0.717, 1.165) is 24.0 Å². The lowest BCUT2D eigenvalue weighted by Crippen LogP contribution is -2.27. The molecular weight excluding hydrogens is 258 g/mol. The molecule has 0 saturated carbocycles. The van der Waals surface area contributed by atoms with E-state index in [4.69, 9.17) is 11.5 Å².